The molecule has 6 bridgehead atoms. The van der Waals surface area contributed by atoms with Gasteiger partial charge in [-0.25, -0.2) is 9.82 Å². The smallest absolute Gasteiger partial charge is 0.406 e. The number of hydrazine groups is 1. The number of benzene rings is 2. The Bertz CT molecular complexity index is 2680. The van der Waals surface area contributed by atoms with E-state index >= 15 is 4.39 Å². The fraction of sp³-hybridized carbons (Fsp3) is 0.500. The zero-order chi connectivity index (χ0) is 50.3. The van der Waals surface area contributed by atoms with Gasteiger partial charge >= 0.3 is 12.1 Å². The molecule has 3 fully saturated rings. The lowest BCUT2D eigenvalue weighted by Crippen LogP contribution is -2.62. The first-order chi connectivity index (χ1) is 33.2. The van der Waals surface area contributed by atoms with Crippen LogP contribution in [0.3, 0.4) is 0 Å². The summed E-state index contributed by atoms with van der Waals surface area (Å²) in [6.07, 6.45) is -0.257. The SMILES string of the molecule is C=CC(=O)N1CC[C@](F)(C(=O)N(C)C(C(=O)N[C@H]2Cc3cccc(c3)-c3ccc4c(c3)c(c(-c3cccnc3[C@@H]3CCCO3)n4CC(F)(F)F)CC(C)(C)COC(=O)[C@@H]3CCCN(N3)C2=O)C(C)C)C1. The van der Waals surface area contributed by atoms with Crippen molar-refractivity contribution in [1.29, 1.82) is 0 Å². The van der Waals surface area contributed by atoms with Crippen molar-refractivity contribution in [2.24, 2.45) is 11.3 Å². The number of cyclic esters (lactones) is 1. The average molecular weight is 972 g/mol. The van der Waals surface area contributed by atoms with E-state index in [1.165, 1.54) is 21.5 Å². The van der Waals surface area contributed by atoms with Gasteiger partial charge < -0.3 is 29.2 Å². The largest absolute Gasteiger partial charge is 0.464 e. The van der Waals surface area contributed by atoms with Gasteiger partial charge in [0.25, 0.3) is 11.8 Å². The van der Waals surface area contributed by atoms with E-state index in [1.807, 2.05) is 32.0 Å². The minimum Gasteiger partial charge on any atom is -0.464 e. The van der Waals surface area contributed by atoms with Crippen LogP contribution in [-0.2, 0) is 52.8 Å². The molecule has 6 heterocycles. The first-order valence-corrected chi connectivity index (χ1v) is 24.0. The fourth-order valence-corrected chi connectivity index (χ4v) is 10.5. The van der Waals surface area contributed by atoms with E-state index in [0.717, 1.165) is 17.4 Å². The van der Waals surface area contributed by atoms with Gasteiger partial charge in [-0.2, -0.15) is 13.2 Å². The first kappa shape index (κ1) is 50.3. The van der Waals surface area contributed by atoms with E-state index in [9.17, 15) is 37.1 Å². The normalized spacial score (nSPS) is 23.5. The molecule has 0 spiro atoms. The van der Waals surface area contributed by atoms with Crippen LogP contribution in [-0.4, -0.2) is 124 Å². The van der Waals surface area contributed by atoms with E-state index in [2.05, 4.69) is 22.3 Å². The molecule has 5 atom stereocenters. The molecule has 4 aromatic rings. The van der Waals surface area contributed by atoms with Gasteiger partial charge in [0, 0.05) is 67.7 Å². The van der Waals surface area contributed by atoms with E-state index < -0.39 is 90.1 Å². The van der Waals surface area contributed by atoms with Crippen molar-refractivity contribution in [2.75, 3.05) is 39.9 Å². The topological polar surface area (TPSA) is 155 Å². The highest BCUT2D eigenvalue weighted by Gasteiger charge is 2.50. The van der Waals surface area contributed by atoms with Crippen LogP contribution in [0.15, 0.2) is 73.4 Å². The van der Waals surface area contributed by atoms with Crippen LogP contribution in [0, 0.1) is 11.3 Å². The number of halogens is 4. The Balaban J connectivity index is 1.21. The molecule has 0 radical (unpaired) electrons. The van der Waals surface area contributed by atoms with Crippen molar-refractivity contribution in [2.45, 2.75) is 115 Å². The number of hydrogen-bond acceptors (Lipinski definition) is 9. The quantitative estimate of drug-likeness (QED) is 0.102. The average Bonchev–Trinajstić information content (AvgIpc) is 4.08. The third-order valence-corrected chi connectivity index (χ3v) is 13.9. The van der Waals surface area contributed by atoms with Crippen molar-refractivity contribution in [3.8, 4) is 22.4 Å². The second-order valence-electron chi connectivity index (χ2n) is 20.2. The molecule has 2 aromatic carbocycles. The number of alkyl halides is 4. The summed E-state index contributed by atoms with van der Waals surface area (Å²) in [4.78, 5) is 76.2. The van der Waals surface area contributed by atoms with Gasteiger partial charge in [-0.1, -0.05) is 64.6 Å². The van der Waals surface area contributed by atoms with Gasteiger partial charge in [0.2, 0.25) is 17.5 Å². The summed E-state index contributed by atoms with van der Waals surface area (Å²) < 4.78 is 74.0. The van der Waals surface area contributed by atoms with E-state index in [4.69, 9.17) is 9.47 Å². The van der Waals surface area contributed by atoms with Crippen LogP contribution < -0.4 is 10.7 Å². The monoisotopic (exact) mass is 971 g/mol. The van der Waals surface area contributed by atoms with Gasteiger partial charge in [0.05, 0.1) is 24.5 Å². The molecule has 14 nitrogen and oxygen atoms in total. The molecule has 70 heavy (non-hydrogen) atoms. The minimum absolute atomic E-state index is 0.00638. The predicted molar refractivity (Wildman–Crippen MR) is 253 cm³/mol. The van der Waals surface area contributed by atoms with Gasteiger partial charge in [-0.3, -0.25) is 34.0 Å². The summed E-state index contributed by atoms with van der Waals surface area (Å²) in [5.74, 6) is -3.95. The lowest BCUT2D eigenvalue weighted by Gasteiger charge is -2.37. The van der Waals surface area contributed by atoms with Crippen LogP contribution in [0.2, 0.25) is 0 Å². The zero-order valence-corrected chi connectivity index (χ0v) is 40.2. The number of amides is 4. The highest BCUT2D eigenvalue weighted by Crippen LogP contribution is 2.44. The number of likely N-dealkylation sites (tertiary alicyclic amines) is 1. The highest BCUT2D eigenvalue weighted by molar-refractivity contribution is 5.97. The van der Waals surface area contributed by atoms with E-state index in [-0.39, 0.29) is 39.0 Å². The molecule has 1 unspecified atom stereocenters. The molecular weight excluding hydrogens is 911 g/mol. The number of esters is 1. The van der Waals surface area contributed by atoms with Crippen LogP contribution in [0.4, 0.5) is 17.6 Å². The number of ether oxygens (including phenoxy) is 2. The van der Waals surface area contributed by atoms with Crippen LogP contribution in [0.5, 0.6) is 0 Å². The standard InChI is InChI=1S/C52H61F4N7O7/c1-7-42(64)61-22-19-51(53,28-61)49(68)60(6)44(31(2)3)46(65)58-39-25-32-12-8-13-33(24-32)34-17-18-40-36(26-34)37(27-50(4,5)30-70-48(67)38-15-10-21-63(59-38)47(39)66)45(62(40)29-52(54,55)56)35-14-9-20-57-43(35)41-16-11-23-69-41/h7-9,12-14,17-18,20,24,26,31,38-39,41,44,59H,1,10-11,15-16,19,21-23,25,27-30H2,2-6H3,(H,58,65)/t38-,39-,41-,44?,51+/m0/s1. The molecule has 8 rings (SSSR count). The van der Waals surface area contributed by atoms with E-state index in [1.54, 1.807) is 56.4 Å². The van der Waals surface area contributed by atoms with Gasteiger partial charge in [-0.05, 0) is 90.6 Å². The van der Waals surface area contributed by atoms with Crippen LogP contribution in [0.25, 0.3) is 33.3 Å². The molecule has 18 heteroatoms. The molecule has 2 N–H and O–H groups in total. The maximum Gasteiger partial charge on any atom is 0.406 e. The molecule has 0 saturated carbocycles. The molecule has 0 aliphatic carbocycles. The number of nitrogens with zero attached hydrogens (tertiary/aromatic N) is 5. The molecule has 4 amide bonds. The maximum absolute atomic E-state index is 16.3. The lowest BCUT2D eigenvalue weighted by molar-refractivity contribution is -0.155. The Morgan fingerprint density at radius 2 is 1.81 bits per heavy atom. The Labute approximate surface area is 404 Å². The number of rotatable bonds is 9. The van der Waals surface area contributed by atoms with Crippen LogP contribution in [0.1, 0.15) is 82.7 Å². The number of hydrogen-bond donors (Lipinski definition) is 2. The fourth-order valence-electron chi connectivity index (χ4n) is 10.5. The molecule has 4 aliphatic heterocycles. The Morgan fingerprint density at radius 3 is 2.53 bits per heavy atom. The minimum atomic E-state index is -4.60. The Hall–Kier alpha value is -6.14. The molecule has 3 saturated heterocycles. The number of carbonyl (C=O) groups excluding carboxylic acids is 5. The van der Waals surface area contributed by atoms with E-state index in [0.29, 0.717) is 76.0 Å². The van der Waals surface area contributed by atoms with Gasteiger partial charge in [-0.15, -0.1) is 0 Å². The second-order valence-corrected chi connectivity index (χ2v) is 20.2. The third kappa shape index (κ3) is 10.5. The summed E-state index contributed by atoms with van der Waals surface area (Å²) in [5.41, 5.74) is 4.15. The number of likely N-dealkylation sites (N-methyl/N-ethyl adjacent to an activating group) is 1. The van der Waals surface area contributed by atoms with Crippen molar-refractivity contribution in [3.05, 3.63) is 90.3 Å². The van der Waals surface area contributed by atoms with Crippen molar-refractivity contribution >= 4 is 40.5 Å². The van der Waals surface area contributed by atoms with Crippen LogP contribution >= 0.6 is 0 Å². The number of carbonyl (C=O) groups is 5. The Morgan fingerprint density at radius 1 is 1.04 bits per heavy atom. The summed E-state index contributed by atoms with van der Waals surface area (Å²) in [6.45, 7) is 9.43. The maximum atomic E-state index is 16.3. The summed E-state index contributed by atoms with van der Waals surface area (Å²) in [5, 5.41) is 4.75. The van der Waals surface area contributed by atoms with Crippen molar-refractivity contribution < 1.29 is 51.0 Å². The van der Waals surface area contributed by atoms with Crippen molar-refractivity contribution in [1.82, 2.24) is 35.1 Å². The molecule has 4 aliphatic rings. The molecular formula is C52H61F4N7O7. The summed E-state index contributed by atoms with van der Waals surface area (Å²) in [6, 6.07) is 12.7. The third-order valence-electron chi connectivity index (χ3n) is 13.9. The molecule has 2 aromatic heterocycles. The Kier molecular flexibility index (Phi) is 14.3. The zero-order valence-electron chi connectivity index (χ0n) is 40.2. The molecule has 374 valence electrons. The first-order valence-electron chi connectivity index (χ1n) is 24.0. The lowest BCUT2D eigenvalue weighted by atomic mass is 9.84. The number of fused-ring (bicyclic) bond motifs is 6. The highest BCUT2D eigenvalue weighted by atomic mass is 19.4. The summed E-state index contributed by atoms with van der Waals surface area (Å²) in [7, 11) is 1.33. The van der Waals surface area contributed by atoms with Gasteiger partial charge in [0.1, 0.15) is 30.8 Å². The predicted octanol–water partition coefficient (Wildman–Crippen LogP) is 7.04. The number of nitrogens with one attached hydrogen (secondary N) is 2. The number of aromatic nitrogens is 2. The van der Waals surface area contributed by atoms with Crippen molar-refractivity contribution in [3.63, 3.8) is 0 Å². The summed E-state index contributed by atoms with van der Waals surface area (Å²) >= 11 is 0. The second kappa shape index (κ2) is 19.9. The number of pyridine rings is 1. The van der Waals surface area contributed by atoms with Gasteiger partial charge in [0.15, 0.2) is 0 Å².